The van der Waals surface area contributed by atoms with Gasteiger partial charge in [0.25, 0.3) is 0 Å². The average molecular weight is 342 g/mol. The number of rotatable bonds is 7. The van der Waals surface area contributed by atoms with E-state index in [1.165, 1.54) is 10.9 Å². The van der Waals surface area contributed by atoms with Crippen LogP contribution in [0.5, 0.6) is 0 Å². The minimum absolute atomic E-state index is 0.0390. The molecule has 0 spiro atoms. The molecule has 1 amide bonds. The zero-order chi connectivity index (χ0) is 17.4. The first kappa shape index (κ1) is 18.3. The zero-order valence-electron chi connectivity index (χ0n) is 14.3. The Labute approximate surface area is 149 Å². The van der Waals surface area contributed by atoms with Crippen molar-refractivity contribution in [3.63, 3.8) is 0 Å². The molecule has 24 heavy (non-hydrogen) atoms. The summed E-state index contributed by atoms with van der Waals surface area (Å²) in [7, 11) is 0. The molecule has 0 aliphatic rings. The molecule has 0 saturated heterocycles. The van der Waals surface area contributed by atoms with E-state index in [2.05, 4.69) is 43.4 Å². The van der Waals surface area contributed by atoms with Crippen molar-refractivity contribution in [2.24, 2.45) is 5.92 Å². The highest BCUT2D eigenvalue weighted by Crippen LogP contribution is 2.20. The lowest BCUT2D eigenvalue weighted by atomic mass is 10.0. The molecule has 0 heterocycles. The van der Waals surface area contributed by atoms with Crippen molar-refractivity contribution in [2.45, 2.75) is 26.7 Å². The lowest BCUT2D eigenvalue weighted by Crippen LogP contribution is -2.23. The van der Waals surface area contributed by atoms with Gasteiger partial charge in [-0.05, 0) is 47.2 Å². The summed E-state index contributed by atoms with van der Waals surface area (Å²) in [5.41, 5.74) is 1.23. The summed E-state index contributed by atoms with van der Waals surface area (Å²) in [6, 6.07) is 12.3. The van der Waals surface area contributed by atoms with Crippen LogP contribution in [0.1, 0.15) is 25.8 Å². The van der Waals surface area contributed by atoms with E-state index in [9.17, 15) is 4.79 Å². The molecule has 2 aromatic rings. The van der Waals surface area contributed by atoms with Gasteiger partial charge >= 0.3 is 0 Å². The predicted molar refractivity (Wildman–Crippen MR) is 103 cm³/mol. The van der Waals surface area contributed by atoms with E-state index in [4.69, 9.17) is 11.6 Å². The first-order valence-electron chi connectivity index (χ1n) is 8.34. The molecule has 0 saturated carbocycles. The molecule has 2 nitrogen and oxygen atoms in total. The molecule has 0 aliphatic heterocycles. The van der Waals surface area contributed by atoms with E-state index in [1.807, 2.05) is 24.3 Å². The highest BCUT2D eigenvalue weighted by atomic mass is 35.5. The molecule has 0 bridgehead atoms. The second-order valence-corrected chi connectivity index (χ2v) is 6.73. The van der Waals surface area contributed by atoms with Gasteiger partial charge < -0.3 is 5.32 Å². The quantitative estimate of drug-likeness (QED) is 0.536. The average Bonchev–Trinajstić information content (AvgIpc) is 2.54. The minimum Gasteiger partial charge on any atom is -0.353 e. The Bertz CT molecular complexity index is 747. The fourth-order valence-corrected chi connectivity index (χ4v) is 2.54. The SMILES string of the molecule is CC(C)CCNC(=O)/C=C/C=C/Cc1ccc2cc(Cl)ccc2c1. The van der Waals surface area contributed by atoms with Gasteiger partial charge in [0, 0.05) is 17.6 Å². The summed E-state index contributed by atoms with van der Waals surface area (Å²) in [5.74, 6) is 0.565. The summed E-state index contributed by atoms with van der Waals surface area (Å²) in [6.07, 6.45) is 9.15. The van der Waals surface area contributed by atoms with Crippen molar-refractivity contribution in [1.82, 2.24) is 5.32 Å². The van der Waals surface area contributed by atoms with E-state index in [0.717, 1.165) is 29.8 Å². The molecule has 0 aromatic heterocycles. The van der Waals surface area contributed by atoms with E-state index in [-0.39, 0.29) is 5.91 Å². The van der Waals surface area contributed by atoms with Crippen molar-refractivity contribution in [3.05, 3.63) is 71.3 Å². The maximum absolute atomic E-state index is 11.6. The minimum atomic E-state index is -0.0390. The summed E-state index contributed by atoms with van der Waals surface area (Å²) in [6.45, 7) is 5.02. The van der Waals surface area contributed by atoms with Crippen LogP contribution in [-0.4, -0.2) is 12.5 Å². The fraction of sp³-hybridized carbons (Fsp3) is 0.286. The van der Waals surface area contributed by atoms with Crippen LogP contribution in [0.25, 0.3) is 10.8 Å². The number of amides is 1. The molecule has 0 fully saturated rings. The first-order chi connectivity index (χ1) is 11.5. The van der Waals surface area contributed by atoms with E-state index < -0.39 is 0 Å². The highest BCUT2D eigenvalue weighted by Gasteiger charge is 1.97. The topological polar surface area (TPSA) is 29.1 Å². The number of fused-ring (bicyclic) bond motifs is 1. The zero-order valence-corrected chi connectivity index (χ0v) is 15.0. The lowest BCUT2D eigenvalue weighted by molar-refractivity contribution is -0.116. The molecular formula is C21H24ClNO. The Morgan fingerprint density at radius 3 is 2.67 bits per heavy atom. The third-order valence-electron chi connectivity index (χ3n) is 3.74. The van der Waals surface area contributed by atoms with Crippen molar-refractivity contribution in [2.75, 3.05) is 6.54 Å². The van der Waals surface area contributed by atoms with Gasteiger partial charge in [-0.15, -0.1) is 0 Å². The van der Waals surface area contributed by atoms with Gasteiger partial charge in [0.1, 0.15) is 0 Å². The van der Waals surface area contributed by atoms with E-state index >= 15 is 0 Å². The number of benzene rings is 2. The number of carbonyl (C=O) groups is 1. The second kappa shape index (κ2) is 9.29. The third-order valence-corrected chi connectivity index (χ3v) is 3.97. The molecule has 2 aromatic carbocycles. The Morgan fingerprint density at radius 2 is 1.88 bits per heavy atom. The summed E-state index contributed by atoms with van der Waals surface area (Å²) in [5, 5.41) is 5.97. The second-order valence-electron chi connectivity index (χ2n) is 6.29. The van der Waals surface area contributed by atoms with E-state index in [0.29, 0.717) is 5.92 Å². The fourth-order valence-electron chi connectivity index (χ4n) is 2.36. The standard InChI is InChI=1S/C21H24ClNO/c1-16(2)12-13-23-21(24)7-5-3-4-6-17-8-9-19-15-20(22)11-10-18(19)14-17/h3-5,7-11,14-16H,6,12-13H2,1-2H3,(H,23,24)/b4-3+,7-5+. The van der Waals surface area contributed by atoms with Crippen LogP contribution >= 0.6 is 11.6 Å². The van der Waals surface area contributed by atoms with Crippen LogP contribution in [0.4, 0.5) is 0 Å². The summed E-state index contributed by atoms with van der Waals surface area (Å²) < 4.78 is 0. The molecule has 0 aliphatic carbocycles. The summed E-state index contributed by atoms with van der Waals surface area (Å²) in [4.78, 5) is 11.6. The Hall–Kier alpha value is -2.06. The van der Waals surface area contributed by atoms with Crippen LogP contribution in [0.15, 0.2) is 60.7 Å². The highest BCUT2D eigenvalue weighted by molar-refractivity contribution is 6.31. The van der Waals surface area contributed by atoms with Gasteiger partial charge in [0.2, 0.25) is 5.91 Å². The maximum atomic E-state index is 11.6. The number of nitrogens with one attached hydrogen (secondary N) is 1. The number of allylic oxidation sites excluding steroid dienone is 3. The maximum Gasteiger partial charge on any atom is 0.243 e. The number of carbonyl (C=O) groups excluding carboxylic acids is 1. The van der Waals surface area contributed by atoms with Crippen molar-refractivity contribution in [3.8, 4) is 0 Å². The lowest BCUT2D eigenvalue weighted by Gasteiger charge is -2.04. The normalized spacial score (nSPS) is 11.8. The number of hydrogen-bond acceptors (Lipinski definition) is 1. The number of halogens is 1. The predicted octanol–water partition coefficient (Wildman–Crippen LogP) is 5.31. The van der Waals surface area contributed by atoms with Gasteiger partial charge in [-0.1, -0.05) is 67.9 Å². The van der Waals surface area contributed by atoms with Crippen molar-refractivity contribution in [1.29, 1.82) is 0 Å². The van der Waals surface area contributed by atoms with E-state index in [1.54, 1.807) is 12.2 Å². The van der Waals surface area contributed by atoms with Crippen LogP contribution in [-0.2, 0) is 11.2 Å². The first-order valence-corrected chi connectivity index (χ1v) is 8.71. The largest absolute Gasteiger partial charge is 0.353 e. The van der Waals surface area contributed by atoms with Crippen molar-refractivity contribution >= 4 is 28.3 Å². The Morgan fingerprint density at radius 1 is 1.12 bits per heavy atom. The van der Waals surface area contributed by atoms with Crippen LogP contribution in [0.2, 0.25) is 5.02 Å². The Kier molecular flexibility index (Phi) is 7.07. The molecule has 0 unspecified atom stereocenters. The van der Waals surface area contributed by atoms with Gasteiger partial charge in [-0.2, -0.15) is 0 Å². The third kappa shape index (κ3) is 6.21. The molecule has 0 atom stereocenters. The number of hydrogen-bond donors (Lipinski definition) is 1. The van der Waals surface area contributed by atoms with Gasteiger partial charge in [0.15, 0.2) is 0 Å². The smallest absolute Gasteiger partial charge is 0.243 e. The van der Waals surface area contributed by atoms with Crippen molar-refractivity contribution < 1.29 is 4.79 Å². The molecule has 3 heteroatoms. The molecular weight excluding hydrogens is 318 g/mol. The molecule has 0 radical (unpaired) electrons. The molecule has 2 rings (SSSR count). The van der Waals surface area contributed by atoms with Crippen LogP contribution in [0, 0.1) is 5.92 Å². The van der Waals surface area contributed by atoms with Gasteiger partial charge in [0.05, 0.1) is 0 Å². The molecule has 1 N–H and O–H groups in total. The van der Waals surface area contributed by atoms with Gasteiger partial charge in [-0.25, -0.2) is 0 Å². The van der Waals surface area contributed by atoms with Gasteiger partial charge in [-0.3, -0.25) is 4.79 Å². The summed E-state index contributed by atoms with van der Waals surface area (Å²) >= 11 is 6.00. The Balaban J connectivity index is 1.82. The monoisotopic (exact) mass is 341 g/mol. The van der Waals surface area contributed by atoms with Crippen LogP contribution < -0.4 is 5.32 Å². The van der Waals surface area contributed by atoms with Crippen LogP contribution in [0.3, 0.4) is 0 Å². The molecule has 126 valence electrons.